The fourth-order valence-electron chi connectivity index (χ4n) is 1.84. The summed E-state index contributed by atoms with van der Waals surface area (Å²) in [4.78, 5) is 0. The molecule has 0 bridgehead atoms. The second kappa shape index (κ2) is 6.09. The van der Waals surface area contributed by atoms with Crippen LogP contribution in [0.5, 0.6) is 5.75 Å². The van der Waals surface area contributed by atoms with E-state index in [0.29, 0.717) is 22.7 Å². The molecular weight excluding hydrogens is 281 g/mol. The Bertz CT molecular complexity index is 597. The molecule has 0 atom stereocenters. The summed E-state index contributed by atoms with van der Waals surface area (Å²) in [5.41, 5.74) is 1.87. The maximum absolute atomic E-state index is 9.86. The molecule has 98 valence electrons. The van der Waals surface area contributed by atoms with Gasteiger partial charge in [-0.2, -0.15) is 0 Å². The molecule has 0 aliphatic carbocycles. The summed E-state index contributed by atoms with van der Waals surface area (Å²) in [7, 11) is 0. The molecule has 0 unspecified atom stereocenters. The molecule has 2 aromatic carbocycles. The van der Waals surface area contributed by atoms with E-state index < -0.39 is 0 Å². The molecule has 0 spiro atoms. The lowest BCUT2D eigenvalue weighted by Gasteiger charge is -2.09. The molecule has 0 aliphatic rings. The van der Waals surface area contributed by atoms with E-state index in [1.54, 1.807) is 6.07 Å². The fraction of sp³-hybridized carbons (Fsp3) is 0.133. The third kappa shape index (κ3) is 3.49. The van der Waals surface area contributed by atoms with Crippen molar-refractivity contribution in [2.45, 2.75) is 12.8 Å². The molecule has 0 amide bonds. The van der Waals surface area contributed by atoms with E-state index in [-0.39, 0.29) is 10.8 Å². The van der Waals surface area contributed by atoms with Crippen molar-refractivity contribution in [3.8, 4) is 5.75 Å². The Balaban J connectivity index is 2.13. The first-order chi connectivity index (χ1) is 9.08. The van der Waals surface area contributed by atoms with Gasteiger partial charge in [-0.05, 0) is 30.5 Å². The van der Waals surface area contributed by atoms with Crippen LogP contribution < -0.4 is 0 Å². The number of halogens is 2. The summed E-state index contributed by atoms with van der Waals surface area (Å²) in [6.07, 6.45) is 1.26. The van der Waals surface area contributed by atoms with Crippen LogP contribution in [0.3, 0.4) is 0 Å². The van der Waals surface area contributed by atoms with E-state index in [9.17, 15) is 5.11 Å². The minimum absolute atomic E-state index is 0.0795. The van der Waals surface area contributed by atoms with Gasteiger partial charge in [0.05, 0.1) is 5.02 Å². The molecule has 2 aromatic rings. The number of nitrogens with one attached hydrogen (secondary N) is 1. The van der Waals surface area contributed by atoms with Crippen molar-refractivity contribution in [3.05, 3.63) is 63.6 Å². The van der Waals surface area contributed by atoms with E-state index in [2.05, 4.69) is 0 Å². The minimum atomic E-state index is -0.0795. The number of phenols is 1. The van der Waals surface area contributed by atoms with Gasteiger partial charge in [0.25, 0.3) is 0 Å². The van der Waals surface area contributed by atoms with Crippen LogP contribution >= 0.6 is 23.2 Å². The topological polar surface area (TPSA) is 44.1 Å². The quantitative estimate of drug-likeness (QED) is 0.789. The smallest absolute Gasteiger partial charge is 0.143 e. The van der Waals surface area contributed by atoms with Gasteiger partial charge in [0.1, 0.15) is 5.75 Å². The fourth-order valence-corrected chi connectivity index (χ4v) is 2.34. The average molecular weight is 294 g/mol. The first kappa shape index (κ1) is 13.9. The molecule has 0 aromatic heterocycles. The Morgan fingerprint density at radius 2 is 1.79 bits per heavy atom. The zero-order chi connectivity index (χ0) is 13.8. The van der Waals surface area contributed by atoms with Gasteiger partial charge in [-0.25, -0.2) is 0 Å². The van der Waals surface area contributed by atoms with Crippen molar-refractivity contribution in [1.82, 2.24) is 0 Å². The van der Waals surface area contributed by atoms with Gasteiger partial charge in [-0.1, -0.05) is 53.5 Å². The van der Waals surface area contributed by atoms with Crippen molar-refractivity contribution in [3.63, 3.8) is 0 Å². The Morgan fingerprint density at radius 3 is 2.47 bits per heavy atom. The van der Waals surface area contributed by atoms with Gasteiger partial charge >= 0.3 is 0 Å². The zero-order valence-corrected chi connectivity index (χ0v) is 11.7. The Morgan fingerprint density at radius 1 is 1.11 bits per heavy atom. The van der Waals surface area contributed by atoms with Gasteiger partial charge in [-0.3, -0.25) is 0 Å². The summed E-state index contributed by atoms with van der Waals surface area (Å²) < 4.78 is 0. The normalized spacial score (nSPS) is 10.4. The van der Waals surface area contributed by atoms with E-state index in [0.717, 1.165) is 12.0 Å². The lowest BCUT2D eigenvalue weighted by molar-refractivity contribution is 0.474. The van der Waals surface area contributed by atoms with Gasteiger partial charge < -0.3 is 10.5 Å². The number of phenolic OH excluding ortho intramolecular Hbond substituents is 1. The van der Waals surface area contributed by atoms with Crippen molar-refractivity contribution in [2.75, 3.05) is 0 Å². The van der Waals surface area contributed by atoms with Gasteiger partial charge in [0, 0.05) is 16.3 Å². The highest BCUT2D eigenvalue weighted by Crippen LogP contribution is 2.32. The van der Waals surface area contributed by atoms with E-state index in [1.165, 1.54) is 6.07 Å². The molecule has 2 rings (SSSR count). The van der Waals surface area contributed by atoms with Gasteiger partial charge in [0.2, 0.25) is 0 Å². The van der Waals surface area contributed by atoms with Gasteiger partial charge in [0.15, 0.2) is 0 Å². The van der Waals surface area contributed by atoms with Crippen molar-refractivity contribution in [1.29, 1.82) is 5.41 Å². The maximum atomic E-state index is 9.86. The second-order valence-corrected chi connectivity index (χ2v) is 5.09. The van der Waals surface area contributed by atoms with Crippen LogP contribution in [0.4, 0.5) is 0 Å². The third-order valence-corrected chi connectivity index (χ3v) is 3.37. The highest BCUT2D eigenvalue weighted by Gasteiger charge is 2.12. The van der Waals surface area contributed by atoms with Crippen LogP contribution in [0.15, 0.2) is 42.5 Å². The minimum Gasteiger partial charge on any atom is -0.506 e. The van der Waals surface area contributed by atoms with Crippen LogP contribution in [-0.2, 0) is 6.42 Å². The summed E-state index contributed by atoms with van der Waals surface area (Å²) in [5, 5.41) is 18.5. The first-order valence-corrected chi connectivity index (χ1v) is 6.63. The van der Waals surface area contributed by atoms with Crippen LogP contribution in [-0.4, -0.2) is 10.8 Å². The number of aryl methyl sites for hydroxylation is 1. The highest BCUT2D eigenvalue weighted by atomic mass is 35.5. The Labute approximate surface area is 122 Å². The molecule has 0 saturated heterocycles. The van der Waals surface area contributed by atoms with Crippen molar-refractivity contribution < 1.29 is 5.11 Å². The summed E-state index contributed by atoms with van der Waals surface area (Å²) >= 11 is 11.7. The number of rotatable bonds is 4. The monoisotopic (exact) mass is 293 g/mol. The third-order valence-electron chi connectivity index (χ3n) is 2.86. The predicted molar refractivity (Wildman–Crippen MR) is 79.7 cm³/mol. The first-order valence-electron chi connectivity index (χ1n) is 5.87. The Hall–Kier alpha value is -1.51. The Kier molecular flexibility index (Phi) is 4.46. The molecule has 0 radical (unpaired) electrons. The molecule has 2 nitrogen and oxygen atoms in total. The number of benzene rings is 2. The molecule has 2 N–H and O–H groups in total. The molecular formula is C15H13Cl2NO. The van der Waals surface area contributed by atoms with E-state index in [4.69, 9.17) is 28.6 Å². The van der Waals surface area contributed by atoms with Crippen LogP contribution in [0.25, 0.3) is 0 Å². The maximum Gasteiger partial charge on any atom is 0.143 e. The molecule has 4 heteroatoms. The van der Waals surface area contributed by atoms with Crippen LogP contribution in [0.1, 0.15) is 17.5 Å². The van der Waals surface area contributed by atoms with Crippen molar-refractivity contribution in [2.24, 2.45) is 0 Å². The van der Waals surface area contributed by atoms with Crippen LogP contribution in [0, 0.1) is 5.41 Å². The zero-order valence-electron chi connectivity index (χ0n) is 10.2. The second-order valence-electron chi connectivity index (χ2n) is 4.25. The molecule has 0 fully saturated rings. The largest absolute Gasteiger partial charge is 0.506 e. The summed E-state index contributed by atoms with van der Waals surface area (Å²) in [5.74, 6) is -0.0795. The molecule has 0 heterocycles. The highest BCUT2D eigenvalue weighted by molar-refractivity contribution is 6.36. The number of aromatic hydroxyl groups is 1. The lowest BCUT2D eigenvalue weighted by Crippen LogP contribution is -2.02. The van der Waals surface area contributed by atoms with Crippen LogP contribution in [0.2, 0.25) is 10.0 Å². The van der Waals surface area contributed by atoms with Crippen molar-refractivity contribution >= 4 is 28.9 Å². The molecule has 0 aliphatic heterocycles. The lowest BCUT2D eigenvalue weighted by atomic mass is 10.0. The molecule has 19 heavy (non-hydrogen) atoms. The van der Waals surface area contributed by atoms with Gasteiger partial charge in [-0.15, -0.1) is 0 Å². The average Bonchev–Trinajstić information content (AvgIpc) is 2.41. The SMILES string of the molecule is N=C(CCc1ccccc1)c1cc(Cl)cc(Cl)c1O. The number of hydrogen-bond donors (Lipinski definition) is 2. The van der Waals surface area contributed by atoms with E-state index >= 15 is 0 Å². The molecule has 0 saturated carbocycles. The number of hydrogen-bond acceptors (Lipinski definition) is 2. The summed E-state index contributed by atoms with van der Waals surface area (Å²) in [6.45, 7) is 0. The predicted octanol–water partition coefficient (Wildman–Crippen LogP) is 4.70. The standard InChI is InChI=1S/C15H13Cl2NO/c16-11-8-12(15(19)13(17)9-11)14(18)7-6-10-4-2-1-3-5-10/h1-5,8-9,18-19H,6-7H2. The summed E-state index contributed by atoms with van der Waals surface area (Å²) in [6, 6.07) is 12.9. The van der Waals surface area contributed by atoms with E-state index in [1.807, 2.05) is 30.3 Å².